The average Bonchev–Trinajstić information content (AvgIpc) is 2.62. The molecule has 1 aromatic heterocycles. The number of amides is 1. The summed E-state index contributed by atoms with van der Waals surface area (Å²) >= 11 is 0. The van der Waals surface area contributed by atoms with Gasteiger partial charge in [-0.3, -0.25) is 9.78 Å². The summed E-state index contributed by atoms with van der Waals surface area (Å²) in [5, 5.41) is 0. The molecule has 25 heavy (non-hydrogen) atoms. The first-order valence-electron chi connectivity index (χ1n) is 8.74. The lowest BCUT2D eigenvalue weighted by Crippen LogP contribution is -2.44. The molecule has 2 aromatic rings. The van der Waals surface area contributed by atoms with Crippen molar-refractivity contribution in [3.8, 4) is 11.5 Å². The molecule has 1 saturated heterocycles. The maximum Gasteiger partial charge on any atom is 0.253 e. The second kappa shape index (κ2) is 8.01. The van der Waals surface area contributed by atoms with Crippen molar-refractivity contribution in [3.63, 3.8) is 0 Å². The summed E-state index contributed by atoms with van der Waals surface area (Å²) in [7, 11) is 0. The number of likely N-dealkylation sites (tertiary alicyclic amines) is 1. The van der Waals surface area contributed by atoms with Gasteiger partial charge in [-0.05, 0) is 63.1 Å². The molecule has 0 bridgehead atoms. The van der Waals surface area contributed by atoms with E-state index in [1.807, 2.05) is 55.1 Å². The third kappa shape index (κ3) is 4.72. The lowest BCUT2D eigenvalue weighted by atomic mass is 10.1. The van der Waals surface area contributed by atoms with E-state index in [0.717, 1.165) is 30.9 Å². The van der Waals surface area contributed by atoms with Gasteiger partial charge >= 0.3 is 0 Å². The van der Waals surface area contributed by atoms with Crippen molar-refractivity contribution in [2.45, 2.75) is 38.9 Å². The van der Waals surface area contributed by atoms with E-state index < -0.39 is 0 Å². The van der Waals surface area contributed by atoms with Gasteiger partial charge in [0.05, 0.1) is 12.6 Å². The maximum absolute atomic E-state index is 12.8. The topological polar surface area (TPSA) is 51.7 Å². The highest BCUT2D eigenvalue weighted by molar-refractivity contribution is 5.94. The Bertz CT molecular complexity index is 686. The minimum Gasteiger partial charge on any atom is -0.491 e. The summed E-state index contributed by atoms with van der Waals surface area (Å²) in [5.74, 6) is 1.62. The number of piperidine rings is 1. The molecule has 1 aliphatic rings. The van der Waals surface area contributed by atoms with Crippen LogP contribution >= 0.6 is 0 Å². The number of hydrogen-bond acceptors (Lipinski definition) is 4. The standard InChI is InChI=1S/C20H24N2O3/c1-15(2)24-17-7-5-16(6-8-17)20(23)22-13-3-4-19(14-22)25-18-9-11-21-12-10-18/h5-12,15,19H,3-4,13-14H2,1-2H3. The van der Waals surface area contributed by atoms with Gasteiger partial charge < -0.3 is 14.4 Å². The normalized spacial score (nSPS) is 17.4. The first kappa shape index (κ1) is 17.3. The number of ether oxygens (including phenoxy) is 2. The van der Waals surface area contributed by atoms with Crippen molar-refractivity contribution < 1.29 is 14.3 Å². The number of nitrogens with zero attached hydrogens (tertiary/aromatic N) is 2. The van der Waals surface area contributed by atoms with Crippen LogP contribution in [-0.2, 0) is 0 Å². The number of carbonyl (C=O) groups is 1. The molecule has 1 amide bonds. The molecular weight excluding hydrogens is 316 g/mol. The molecule has 1 aliphatic heterocycles. The molecule has 3 rings (SSSR count). The van der Waals surface area contributed by atoms with E-state index in [2.05, 4.69) is 4.98 Å². The molecule has 0 spiro atoms. The van der Waals surface area contributed by atoms with Gasteiger partial charge in [0.2, 0.25) is 0 Å². The predicted octanol–water partition coefficient (Wildman–Crippen LogP) is 3.55. The third-order valence-corrected chi connectivity index (χ3v) is 4.09. The van der Waals surface area contributed by atoms with Gasteiger partial charge in [0.25, 0.3) is 5.91 Å². The first-order chi connectivity index (χ1) is 12.1. The van der Waals surface area contributed by atoms with Crippen molar-refractivity contribution in [1.82, 2.24) is 9.88 Å². The number of benzene rings is 1. The van der Waals surface area contributed by atoms with E-state index in [9.17, 15) is 4.79 Å². The Labute approximate surface area is 148 Å². The summed E-state index contributed by atoms with van der Waals surface area (Å²) in [4.78, 5) is 18.6. The van der Waals surface area contributed by atoms with Crippen molar-refractivity contribution in [2.75, 3.05) is 13.1 Å². The molecule has 0 aliphatic carbocycles. The van der Waals surface area contributed by atoms with E-state index in [4.69, 9.17) is 9.47 Å². The highest BCUT2D eigenvalue weighted by Gasteiger charge is 2.25. The van der Waals surface area contributed by atoms with Crippen LogP contribution in [0, 0.1) is 0 Å². The fourth-order valence-electron chi connectivity index (χ4n) is 2.96. The van der Waals surface area contributed by atoms with Crippen LogP contribution in [0.2, 0.25) is 0 Å². The molecule has 132 valence electrons. The highest BCUT2D eigenvalue weighted by atomic mass is 16.5. The van der Waals surface area contributed by atoms with E-state index in [0.29, 0.717) is 12.1 Å². The van der Waals surface area contributed by atoms with Crippen molar-refractivity contribution in [2.24, 2.45) is 0 Å². The number of hydrogen-bond donors (Lipinski definition) is 0. The fourth-order valence-corrected chi connectivity index (χ4v) is 2.96. The minimum atomic E-state index is 0.0173. The Kier molecular flexibility index (Phi) is 5.53. The van der Waals surface area contributed by atoms with Gasteiger partial charge in [0.1, 0.15) is 17.6 Å². The van der Waals surface area contributed by atoms with E-state index in [-0.39, 0.29) is 18.1 Å². The Morgan fingerprint density at radius 3 is 2.52 bits per heavy atom. The second-order valence-corrected chi connectivity index (χ2v) is 6.51. The monoisotopic (exact) mass is 340 g/mol. The molecule has 1 unspecified atom stereocenters. The van der Waals surface area contributed by atoms with Crippen LogP contribution in [0.15, 0.2) is 48.8 Å². The zero-order chi connectivity index (χ0) is 17.6. The van der Waals surface area contributed by atoms with E-state index in [1.54, 1.807) is 12.4 Å². The van der Waals surface area contributed by atoms with Crippen molar-refractivity contribution >= 4 is 5.91 Å². The molecule has 5 nitrogen and oxygen atoms in total. The Balaban J connectivity index is 1.61. The maximum atomic E-state index is 12.8. The SMILES string of the molecule is CC(C)Oc1ccc(C(=O)N2CCCC(Oc3ccncc3)C2)cc1. The quantitative estimate of drug-likeness (QED) is 0.835. The van der Waals surface area contributed by atoms with Gasteiger partial charge in [-0.2, -0.15) is 0 Å². The summed E-state index contributed by atoms with van der Waals surface area (Å²) in [6.07, 6.45) is 5.45. The number of carbonyl (C=O) groups excluding carboxylic acids is 1. The average molecular weight is 340 g/mol. The number of pyridine rings is 1. The van der Waals surface area contributed by atoms with Gasteiger partial charge in [0, 0.05) is 24.5 Å². The lowest BCUT2D eigenvalue weighted by molar-refractivity contribution is 0.0537. The van der Waals surface area contributed by atoms with Crippen LogP contribution in [0.25, 0.3) is 0 Å². The molecule has 2 heterocycles. The zero-order valence-electron chi connectivity index (χ0n) is 14.7. The lowest BCUT2D eigenvalue weighted by Gasteiger charge is -2.33. The van der Waals surface area contributed by atoms with Gasteiger partial charge in [-0.15, -0.1) is 0 Å². The van der Waals surface area contributed by atoms with Crippen LogP contribution in [-0.4, -0.2) is 41.1 Å². The van der Waals surface area contributed by atoms with Crippen LogP contribution < -0.4 is 9.47 Å². The van der Waals surface area contributed by atoms with Gasteiger partial charge in [0.15, 0.2) is 0 Å². The molecule has 1 fully saturated rings. The molecule has 5 heteroatoms. The number of aromatic nitrogens is 1. The van der Waals surface area contributed by atoms with Gasteiger partial charge in [-0.1, -0.05) is 0 Å². The van der Waals surface area contributed by atoms with Crippen LogP contribution in [0.1, 0.15) is 37.0 Å². The second-order valence-electron chi connectivity index (χ2n) is 6.51. The van der Waals surface area contributed by atoms with Gasteiger partial charge in [-0.25, -0.2) is 0 Å². The summed E-state index contributed by atoms with van der Waals surface area (Å²) in [6, 6.07) is 11.0. The highest BCUT2D eigenvalue weighted by Crippen LogP contribution is 2.20. The first-order valence-corrected chi connectivity index (χ1v) is 8.74. The molecule has 1 atom stereocenters. The number of rotatable bonds is 5. The van der Waals surface area contributed by atoms with Crippen molar-refractivity contribution in [3.05, 3.63) is 54.4 Å². The zero-order valence-corrected chi connectivity index (χ0v) is 14.7. The van der Waals surface area contributed by atoms with Crippen molar-refractivity contribution in [1.29, 1.82) is 0 Å². The predicted molar refractivity (Wildman–Crippen MR) is 96.0 cm³/mol. The fraction of sp³-hybridized carbons (Fsp3) is 0.400. The summed E-state index contributed by atoms with van der Waals surface area (Å²) in [6.45, 7) is 5.33. The Morgan fingerprint density at radius 2 is 1.84 bits per heavy atom. The van der Waals surface area contributed by atoms with E-state index in [1.165, 1.54) is 0 Å². The summed E-state index contributed by atoms with van der Waals surface area (Å²) in [5.41, 5.74) is 0.681. The molecule has 0 radical (unpaired) electrons. The summed E-state index contributed by atoms with van der Waals surface area (Å²) < 4.78 is 11.6. The minimum absolute atomic E-state index is 0.0173. The largest absolute Gasteiger partial charge is 0.491 e. The third-order valence-electron chi connectivity index (χ3n) is 4.09. The van der Waals surface area contributed by atoms with Crippen LogP contribution in [0.3, 0.4) is 0 Å². The Morgan fingerprint density at radius 1 is 1.12 bits per heavy atom. The van der Waals surface area contributed by atoms with Crippen LogP contribution in [0.4, 0.5) is 0 Å². The smallest absolute Gasteiger partial charge is 0.253 e. The Hall–Kier alpha value is -2.56. The van der Waals surface area contributed by atoms with Crippen LogP contribution in [0.5, 0.6) is 11.5 Å². The van der Waals surface area contributed by atoms with E-state index >= 15 is 0 Å². The molecule has 1 aromatic carbocycles. The molecule has 0 N–H and O–H groups in total. The molecular formula is C20H24N2O3. The molecule has 0 saturated carbocycles.